The van der Waals surface area contributed by atoms with E-state index in [9.17, 15) is 0 Å². The lowest BCUT2D eigenvalue weighted by atomic mass is 10.0. The molecule has 3 N–H and O–H groups in total. The van der Waals surface area contributed by atoms with Crippen LogP contribution in [-0.4, -0.2) is 55.4 Å². The number of rotatable bonds is 5. The first-order chi connectivity index (χ1) is 19.8. The van der Waals surface area contributed by atoms with Crippen molar-refractivity contribution in [3.63, 3.8) is 0 Å². The molecule has 3 heterocycles. The molecule has 0 aliphatic carbocycles. The van der Waals surface area contributed by atoms with Crippen LogP contribution < -0.4 is 10.6 Å². The quantitative estimate of drug-likeness (QED) is 0.0806. The summed E-state index contributed by atoms with van der Waals surface area (Å²) in [7, 11) is 0. The number of hydrogen-bond acceptors (Lipinski definition) is 6. The second-order valence-electron chi connectivity index (χ2n) is 10.2. The fourth-order valence-electron chi connectivity index (χ4n) is 5.37. The van der Waals surface area contributed by atoms with Crippen molar-refractivity contribution in [2.24, 2.45) is 0 Å². The summed E-state index contributed by atoms with van der Waals surface area (Å²) in [6.45, 7) is 5.89. The van der Waals surface area contributed by atoms with Gasteiger partial charge in [-0.05, 0) is 62.4 Å². The van der Waals surface area contributed by atoms with Crippen LogP contribution in [0.4, 0.5) is 16.0 Å². The number of nitrogens with one attached hydrogen (secondary N) is 3. The van der Waals surface area contributed by atoms with Crippen molar-refractivity contribution in [2.45, 2.75) is 25.9 Å². The fourth-order valence-corrected chi connectivity index (χ4v) is 6.90. The SMILES string of the molecule is C=Ic1cccc(F)c1-c1nc2cnc(Nc3ccc(C(=N)N4CC(C)NC(C)C4)cc3)nc2c2ccc(Cl)cc12. The maximum atomic E-state index is 15.1. The summed E-state index contributed by atoms with van der Waals surface area (Å²) in [6, 6.07) is 18.9. The van der Waals surface area contributed by atoms with Crippen LogP contribution in [-0.2, 0) is 0 Å². The van der Waals surface area contributed by atoms with Crippen molar-refractivity contribution in [1.29, 1.82) is 5.41 Å². The number of aromatic nitrogens is 3. The second-order valence-corrected chi connectivity index (χ2v) is 12.6. The van der Waals surface area contributed by atoms with Gasteiger partial charge < -0.3 is 15.5 Å². The average molecular weight is 680 g/mol. The van der Waals surface area contributed by atoms with Gasteiger partial charge in [0, 0.05) is 61.4 Å². The standard InChI is InChI=1S/C31H28ClFIN7/c1-17-15-41(16-18(2)37-17)30(35)19-7-10-21(11-8-19)38-31-36-14-26-28(40-31)22-12-9-20(32)13-23(22)29(39-26)27-24(33)5-4-6-25(27)34-3/h4-14,17-18,35,37H,3,15-16H2,1-2H3,(H,36,38,40). The molecule has 0 amide bonds. The molecule has 1 saturated heterocycles. The Labute approximate surface area is 252 Å². The second kappa shape index (κ2) is 11.4. The van der Waals surface area contributed by atoms with Gasteiger partial charge >= 0.3 is 0 Å². The maximum Gasteiger partial charge on any atom is 0.227 e. The number of piperazine rings is 1. The number of fused-ring (bicyclic) bond motifs is 3. The molecule has 2 aromatic heterocycles. The summed E-state index contributed by atoms with van der Waals surface area (Å²) in [6.07, 6.45) is 1.65. The fraction of sp³-hybridized carbons (Fsp3) is 0.194. The smallest absolute Gasteiger partial charge is 0.227 e. The third-order valence-corrected chi connectivity index (χ3v) is 9.08. The molecule has 6 rings (SSSR count). The number of benzene rings is 3. The highest BCUT2D eigenvalue weighted by Gasteiger charge is 2.23. The number of hydrogen-bond donors (Lipinski definition) is 3. The maximum absolute atomic E-state index is 15.1. The Morgan fingerprint density at radius 3 is 2.56 bits per heavy atom. The molecule has 41 heavy (non-hydrogen) atoms. The molecule has 2 atom stereocenters. The molecule has 208 valence electrons. The van der Waals surface area contributed by atoms with Crippen molar-refractivity contribution in [2.75, 3.05) is 18.4 Å². The molecule has 1 aliphatic rings. The van der Waals surface area contributed by atoms with Gasteiger partial charge in [0.2, 0.25) is 5.95 Å². The third kappa shape index (κ3) is 5.53. The predicted octanol–water partition coefficient (Wildman–Crippen LogP) is 6.96. The molecule has 10 heteroatoms. The summed E-state index contributed by atoms with van der Waals surface area (Å²) < 4.78 is 20.1. The monoisotopic (exact) mass is 679 g/mol. The lowest BCUT2D eigenvalue weighted by Gasteiger charge is -2.37. The highest BCUT2D eigenvalue weighted by molar-refractivity contribution is 14.2. The largest absolute Gasteiger partial charge is 0.353 e. The van der Waals surface area contributed by atoms with Gasteiger partial charge in [-0.2, -0.15) is 0 Å². The van der Waals surface area contributed by atoms with Crippen LogP contribution in [0.25, 0.3) is 33.1 Å². The zero-order valence-corrected chi connectivity index (χ0v) is 25.5. The van der Waals surface area contributed by atoms with Gasteiger partial charge in [0.05, 0.1) is 11.9 Å². The van der Waals surface area contributed by atoms with E-state index in [1.54, 1.807) is 24.4 Å². The Balaban J connectivity index is 1.34. The molecule has 5 aromatic rings. The Morgan fingerprint density at radius 1 is 1.07 bits per heavy atom. The van der Waals surface area contributed by atoms with Crippen molar-refractivity contribution in [3.8, 4) is 11.3 Å². The highest BCUT2D eigenvalue weighted by Crippen LogP contribution is 2.37. The molecule has 0 saturated carbocycles. The summed E-state index contributed by atoms with van der Waals surface area (Å²) in [5, 5.41) is 17.5. The van der Waals surface area contributed by atoms with E-state index < -0.39 is 20.7 Å². The topological polar surface area (TPSA) is 89.8 Å². The Kier molecular flexibility index (Phi) is 7.67. The lowest BCUT2D eigenvalue weighted by molar-refractivity contribution is 0.254. The van der Waals surface area contributed by atoms with Crippen LogP contribution >= 0.6 is 32.3 Å². The van der Waals surface area contributed by atoms with E-state index in [1.807, 2.05) is 36.4 Å². The Morgan fingerprint density at radius 2 is 1.83 bits per heavy atom. The summed E-state index contributed by atoms with van der Waals surface area (Å²) in [5.41, 5.74) is 3.83. The van der Waals surface area contributed by atoms with E-state index in [0.717, 1.165) is 38.7 Å². The van der Waals surface area contributed by atoms with Crippen molar-refractivity contribution in [3.05, 3.63) is 86.8 Å². The molecule has 0 spiro atoms. The zero-order valence-electron chi connectivity index (χ0n) is 22.5. The molecule has 0 radical (unpaired) electrons. The van der Waals surface area contributed by atoms with Crippen LogP contribution in [0.1, 0.15) is 19.4 Å². The minimum Gasteiger partial charge on any atom is -0.353 e. The first-order valence-corrected chi connectivity index (χ1v) is 16.2. The third-order valence-electron chi connectivity index (χ3n) is 7.13. The van der Waals surface area contributed by atoms with Crippen LogP contribution in [0.3, 0.4) is 0 Å². The van der Waals surface area contributed by atoms with E-state index in [0.29, 0.717) is 51.2 Å². The molecular weight excluding hydrogens is 652 g/mol. The minimum absolute atomic E-state index is 0.335. The van der Waals surface area contributed by atoms with E-state index >= 15 is 4.39 Å². The predicted molar refractivity (Wildman–Crippen MR) is 175 cm³/mol. The highest BCUT2D eigenvalue weighted by atomic mass is 127. The summed E-state index contributed by atoms with van der Waals surface area (Å²) in [5.74, 6) is 0.589. The van der Waals surface area contributed by atoms with Gasteiger partial charge in [-0.1, -0.05) is 49.0 Å². The Hall–Kier alpha value is -3.54. The van der Waals surface area contributed by atoms with Crippen molar-refractivity contribution >= 4 is 76.1 Å². The van der Waals surface area contributed by atoms with Crippen molar-refractivity contribution < 1.29 is 4.39 Å². The molecule has 0 bridgehead atoms. The number of pyridine rings is 1. The Bertz CT molecular complexity index is 1800. The van der Waals surface area contributed by atoms with Gasteiger partial charge in [-0.25, -0.2) is 19.3 Å². The van der Waals surface area contributed by atoms with Gasteiger partial charge in [0.25, 0.3) is 0 Å². The van der Waals surface area contributed by atoms with Gasteiger partial charge in [0.1, 0.15) is 22.7 Å². The molecule has 3 aromatic carbocycles. The first kappa shape index (κ1) is 27.6. The van der Waals surface area contributed by atoms with Crippen LogP contribution in [0.15, 0.2) is 66.9 Å². The van der Waals surface area contributed by atoms with Crippen LogP contribution in [0, 0.1) is 14.8 Å². The van der Waals surface area contributed by atoms with Crippen LogP contribution in [0.5, 0.6) is 0 Å². The van der Waals surface area contributed by atoms with Gasteiger partial charge in [0.15, 0.2) is 0 Å². The molecule has 1 fully saturated rings. The first-order valence-electron chi connectivity index (χ1n) is 13.2. The molecular formula is C31H28ClFIN7. The molecule has 1 aliphatic heterocycles. The minimum atomic E-state index is -0.636. The zero-order chi connectivity index (χ0) is 28.7. The molecule has 7 nitrogen and oxygen atoms in total. The van der Waals surface area contributed by atoms with Gasteiger partial charge in [-0.3, -0.25) is 5.41 Å². The summed E-state index contributed by atoms with van der Waals surface area (Å²) in [4.78, 5) is 16.2. The number of nitrogens with zero attached hydrogens (tertiary/aromatic N) is 4. The number of halogens is 3. The van der Waals surface area contributed by atoms with E-state index in [2.05, 4.69) is 38.9 Å². The van der Waals surface area contributed by atoms with Gasteiger partial charge in [-0.15, -0.1) is 0 Å². The lowest BCUT2D eigenvalue weighted by Crippen LogP contribution is -2.55. The normalized spacial score (nSPS) is 17.2. The van der Waals surface area contributed by atoms with E-state index in [-0.39, 0.29) is 5.82 Å². The number of amidine groups is 1. The van der Waals surface area contributed by atoms with Crippen LogP contribution in [0.2, 0.25) is 5.02 Å². The van der Waals surface area contributed by atoms with E-state index in [4.69, 9.17) is 27.0 Å². The number of anilines is 2. The summed E-state index contributed by atoms with van der Waals surface area (Å²) >= 11 is 5.75. The van der Waals surface area contributed by atoms with Crippen molar-refractivity contribution in [1.82, 2.24) is 25.2 Å². The average Bonchev–Trinajstić information content (AvgIpc) is 2.96. The van der Waals surface area contributed by atoms with E-state index in [1.165, 1.54) is 6.07 Å². The molecule has 2 unspecified atom stereocenters.